The maximum atomic E-state index is 9.93. The molecule has 0 amide bonds. The van der Waals surface area contributed by atoms with Gasteiger partial charge >= 0.3 is 311 Å². The second-order valence-electron chi connectivity index (χ2n) is 3.16. The first-order valence-corrected chi connectivity index (χ1v) is 29.1. The van der Waals surface area contributed by atoms with Gasteiger partial charge in [-0.1, -0.05) is 0 Å². The maximum absolute atomic E-state index is 9.93. The average Bonchev–Trinajstić information content (AvgIpc) is 1.51. The molecule has 0 saturated heterocycles. The SMILES string of the molecule is O.O.O.O.O.O.O.O.O.O.O.O.O.O.O.O.O.[Na+].[Na+].[Na+].[Na+].[Na+].[Na+].[OH-].[OH-].[OH-].[OH-].[OH-].[OH-].[O]=[W]([OH])([OH])([OH])[OH].[O]=[W]([OH])([OH])([OH])[OH].[O]=[W]([OH])([OH])([OH])[O][W](=[O])([OH])([OH])[OH].[W].[W].[W].[W].[W].[W].[W].[W]. The van der Waals surface area contributed by atoms with Crippen molar-refractivity contribution in [2.24, 2.45) is 0 Å². The molecule has 0 aliphatic heterocycles. The maximum Gasteiger partial charge on any atom is 0 e. The van der Waals surface area contributed by atoms with Gasteiger partial charge in [0.25, 0.3) is 0 Å². The van der Waals surface area contributed by atoms with Gasteiger partial charge in [-0.25, -0.2) is 0 Å². The minimum absolute atomic E-state index is 0. The molecule has 0 aliphatic carbocycles. The fourth-order valence-corrected chi connectivity index (χ4v) is 14.0. The van der Waals surface area contributed by atoms with E-state index >= 15 is 0 Å². The molecule has 0 aromatic carbocycles. The summed E-state index contributed by atoms with van der Waals surface area (Å²) in [7, 11) is 0. The summed E-state index contributed by atoms with van der Waals surface area (Å²) in [5.74, 6) is 0. The molecule has 0 spiro atoms. The Hall–Kier alpha value is 11.9. The summed E-state index contributed by atoms with van der Waals surface area (Å²) in [6, 6.07) is 0. The van der Waals surface area contributed by atoms with Crippen LogP contribution in [0.1, 0.15) is 0 Å². The van der Waals surface area contributed by atoms with E-state index in [2.05, 4.69) is 2.04 Å². The molecule has 0 saturated carbocycles. The van der Waals surface area contributed by atoms with E-state index in [0.717, 1.165) is 0 Å². The van der Waals surface area contributed by atoms with Crippen molar-refractivity contribution in [2.45, 2.75) is 0 Å². The van der Waals surface area contributed by atoms with Crippen LogP contribution in [0.25, 0.3) is 0 Å². The first-order chi connectivity index (χ1) is 8.68. The summed E-state index contributed by atoms with van der Waals surface area (Å²) in [4.78, 5) is 0. The first kappa shape index (κ1) is 355. The van der Waals surface area contributed by atoms with Gasteiger partial charge in [-0.15, -0.1) is 0 Å². The van der Waals surface area contributed by atoms with Crippen molar-refractivity contribution >= 4 is 0 Å². The summed E-state index contributed by atoms with van der Waals surface area (Å²) in [5.41, 5.74) is 0. The second kappa shape index (κ2) is 124. The van der Waals surface area contributed by atoms with E-state index in [1.54, 1.807) is 0 Å². The first-order valence-electron chi connectivity index (χ1n) is 3.56. The Bertz CT molecular complexity index is 600. The van der Waals surface area contributed by atoms with Crippen LogP contribution in [0, 0.1) is 0 Å². The predicted molar refractivity (Wildman–Crippen MR) is 108 cm³/mol. The standard InChI is InChI=1S/6Na.37H2O.5O.12W/h;;;;;;37*1H2;;;;;;;;;;;;;;;;;/q6*+1;;;;;;;;;;;;;;;;;;;;;;;;;;;;;;;;;;;;;;;;;;;;;;;;;;;2*+3;2*+4/p-20. The van der Waals surface area contributed by atoms with Gasteiger partial charge in [-0.2, -0.15) is 0 Å². The van der Waals surface area contributed by atoms with Gasteiger partial charge < -0.3 is 126 Å². The third kappa shape index (κ3) is 836. The summed E-state index contributed by atoms with van der Waals surface area (Å²) in [6.07, 6.45) is 0. The van der Waals surface area contributed by atoms with Crippen LogP contribution in [0.5, 0.6) is 0 Å². The van der Waals surface area contributed by atoms with Crippen molar-refractivity contribution in [3.63, 3.8) is 0 Å². The van der Waals surface area contributed by atoms with E-state index in [9.17, 15) is 6.80 Å². The number of hydrogen-bond donors (Lipinski definition) is 14. The molecule has 0 unspecified atom stereocenters. The van der Waals surface area contributed by atoms with Crippen LogP contribution in [0.3, 0.4) is 0 Å². The summed E-state index contributed by atoms with van der Waals surface area (Å²) in [5, 5.41) is 0. The monoisotopic (exact) mass is 3070 g/mol. The molecule has 60 heavy (non-hydrogen) atoms. The molecule has 0 rings (SSSR count). The molecule has 0 bridgehead atoms. The fraction of sp³-hybridized carbons (Fsp3) is 0. The molecule has 384 valence electrons. The van der Waals surface area contributed by atoms with Crippen LogP contribution in [0.2, 0.25) is 0 Å². The zero-order valence-corrected chi connectivity index (χ0v) is 77.6. The Morgan fingerprint density at radius 2 is 0.250 bits per heavy atom. The predicted octanol–water partition coefficient (Wildman–Crippen LogP) is -41.4. The van der Waals surface area contributed by atoms with E-state index in [-0.39, 0.29) is 472 Å². The van der Waals surface area contributed by atoms with Gasteiger partial charge in [0, 0.05) is 169 Å². The Labute approximate surface area is 592 Å². The minimum atomic E-state index is -7.85. The molecule has 60 heteroatoms. The smallest absolute Gasteiger partial charge is 0 e. The molecule has 42 nitrogen and oxygen atoms in total. The number of hydrogen-bond acceptors (Lipinski definition) is 11. The Kier molecular flexibility index (Phi) is 732. The zero-order chi connectivity index (χ0) is 20.5. The van der Waals surface area contributed by atoms with Gasteiger partial charge in [0.05, 0.1) is 0 Å². The van der Waals surface area contributed by atoms with Crippen molar-refractivity contribution < 1.29 is 605 Å². The Balaban J connectivity index is -0.00000000205. The van der Waals surface area contributed by atoms with Crippen LogP contribution in [-0.4, -0.2) is 179 Å². The van der Waals surface area contributed by atoms with Crippen LogP contribution < -0.4 is 177 Å². The second-order valence-corrected chi connectivity index (χ2v) is 29.9. The number of rotatable bonds is 2. The van der Waals surface area contributed by atoms with Crippen LogP contribution in [-0.2, 0) is 249 Å². The molecular weight excluding hydrogens is 3020 g/mol. The van der Waals surface area contributed by atoms with E-state index < -0.39 is 65.2 Å². The normalized spacial score (nSPS) is 7.70. The fourth-order valence-electron chi connectivity index (χ4n) is 0.208. The van der Waals surface area contributed by atoms with Gasteiger partial charge in [-0.3, -0.25) is 0 Å². The third-order valence-corrected chi connectivity index (χ3v) is 16.0. The molecule has 54 N–H and O–H groups in total. The van der Waals surface area contributed by atoms with Crippen molar-refractivity contribution in [2.75, 3.05) is 0 Å². The molecule has 0 radical (unpaired) electrons. The van der Waals surface area contributed by atoms with E-state index in [1.165, 1.54) is 0 Å². The molecular formula is H54Na6O42W12. The van der Waals surface area contributed by atoms with Gasteiger partial charge in [0.1, 0.15) is 0 Å². The van der Waals surface area contributed by atoms with Crippen molar-refractivity contribution in [1.29, 1.82) is 0 Å². The molecule has 0 fully saturated rings. The minimum Gasteiger partial charge on any atom is 0 e. The Morgan fingerprint density at radius 1 is 0.217 bits per heavy atom. The van der Waals surface area contributed by atoms with Gasteiger partial charge in [-0.05, 0) is 0 Å². The van der Waals surface area contributed by atoms with Crippen LogP contribution in [0.15, 0.2) is 0 Å². The molecule has 0 aliphatic rings. The average molecular weight is 3070 g/mol. The van der Waals surface area contributed by atoms with Crippen molar-refractivity contribution in [1.82, 2.24) is 0 Å². The quantitative estimate of drug-likeness (QED) is 0.114. The topological polar surface area (TPSA) is 1080 Å². The summed E-state index contributed by atoms with van der Waals surface area (Å²) < 4.78 is 147. The van der Waals surface area contributed by atoms with E-state index in [1.807, 2.05) is 0 Å². The largest absolute Gasteiger partial charge is 0 e. The zero-order valence-electron chi connectivity index (χ0n) is 30.4. The van der Waals surface area contributed by atoms with Gasteiger partial charge in [0.15, 0.2) is 0 Å². The van der Waals surface area contributed by atoms with Crippen molar-refractivity contribution in [3.05, 3.63) is 0 Å². The van der Waals surface area contributed by atoms with Crippen LogP contribution in [0.4, 0.5) is 0 Å². The Morgan fingerprint density at radius 3 is 0.250 bits per heavy atom. The summed E-state index contributed by atoms with van der Waals surface area (Å²) >= 11 is -29.7. The van der Waals surface area contributed by atoms with Gasteiger partial charge in [0.2, 0.25) is 0 Å². The third-order valence-electron chi connectivity index (χ3n) is 0.238. The van der Waals surface area contributed by atoms with E-state index in [0.29, 0.717) is 0 Å². The van der Waals surface area contributed by atoms with E-state index in [4.69, 9.17) is 59.4 Å². The van der Waals surface area contributed by atoms with Crippen LogP contribution >= 0.6 is 0 Å². The molecule has 0 atom stereocenters. The summed E-state index contributed by atoms with van der Waals surface area (Å²) in [6.45, 7) is 0. The molecule has 0 heterocycles. The van der Waals surface area contributed by atoms with Crippen molar-refractivity contribution in [3.8, 4) is 0 Å². The molecule has 0 aromatic heterocycles. The molecule has 0 aromatic rings.